The highest BCUT2D eigenvalue weighted by Gasteiger charge is 2.28. The molecule has 0 fully saturated rings. The van der Waals surface area contributed by atoms with Gasteiger partial charge in [-0.25, -0.2) is 0 Å². The van der Waals surface area contributed by atoms with E-state index in [9.17, 15) is 4.79 Å². The van der Waals surface area contributed by atoms with Crippen molar-refractivity contribution in [3.05, 3.63) is 47.5 Å². The zero-order chi connectivity index (χ0) is 11.1. The minimum Gasteiger partial charge on any atom is -0.324 e. The number of rotatable bonds is 2. The van der Waals surface area contributed by atoms with E-state index in [4.69, 9.17) is 5.73 Å². The van der Waals surface area contributed by atoms with Gasteiger partial charge in [-0.15, -0.1) is 0 Å². The maximum absolute atomic E-state index is 11.8. The summed E-state index contributed by atoms with van der Waals surface area (Å²) in [6.07, 6.45) is 0.812. The molecule has 1 atom stereocenters. The molecule has 80 valence electrons. The predicted molar refractivity (Wildman–Crippen MR) is 64.5 cm³/mol. The summed E-state index contributed by atoms with van der Waals surface area (Å²) in [5.41, 5.74) is 7.90. The SMILES string of the molecule is NCC(=O)C1Cc2cccc3cccc1c23. The minimum absolute atomic E-state index is 0.0221. The molecule has 2 aromatic carbocycles. The number of carbonyl (C=O) groups is 1. The van der Waals surface area contributed by atoms with E-state index in [1.54, 1.807) is 0 Å². The van der Waals surface area contributed by atoms with Gasteiger partial charge < -0.3 is 5.73 Å². The molecule has 2 nitrogen and oxygen atoms in total. The third kappa shape index (κ3) is 1.20. The van der Waals surface area contributed by atoms with Gasteiger partial charge in [0.15, 0.2) is 5.78 Å². The second kappa shape index (κ2) is 3.42. The number of benzene rings is 2. The number of carbonyl (C=O) groups excluding carboxylic acids is 1. The Labute approximate surface area is 94.1 Å². The fourth-order valence-corrected chi connectivity index (χ4v) is 2.67. The first-order valence-electron chi connectivity index (χ1n) is 5.54. The van der Waals surface area contributed by atoms with Gasteiger partial charge in [-0.05, 0) is 28.3 Å². The van der Waals surface area contributed by atoms with Crippen LogP contribution in [0.2, 0.25) is 0 Å². The zero-order valence-corrected chi connectivity index (χ0v) is 8.94. The second-order valence-corrected chi connectivity index (χ2v) is 4.29. The van der Waals surface area contributed by atoms with Crippen LogP contribution < -0.4 is 5.73 Å². The summed E-state index contributed by atoms with van der Waals surface area (Å²) < 4.78 is 0. The van der Waals surface area contributed by atoms with Crippen LogP contribution in [0.25, 0.3) is 10.8 Å². The molecule has 0 bridgehead atoms. The summed E-state index contributed by atoms with van der Waals surface area (Å²) in [5.74, 6) is 0.120. The van der Waals surface area contributed by atoms with Crippen molar-refractivity contribution in [2.45, 2.75) is 12.3 Å². The van der Waals surface area contributed by atoms with E-state index in [-0.39, 0.29) is 18.2 Å². The van der Waals surface area contributed by atoms with E-state index in [0.717, 1.165) is 12.0 Å². The number of hydrogen-bond acceptors (Lipinski definition) is 2. The van der Waals surface area contributed by atoms with Gasteiger partial charge in [-0.2, -0.15) is 0 Å². The average Bonchev–Trinajstić information content (AvgIpc) is 2.70. The van der Waals surface area contributed by atoms with E-state index < -0.39 is 0 Å². The van der Waals surface area contributed by atoms with Crippen LogP contribution in [0.1, 0.15) is 17.0 Å². The first-order chi connectivity index (χ1) is 7.81. The lowest BCUT2D eigenvalue weighted by Gasteiger charge is -2.08. The van der Waals surface area contributed by atoms with Gasteiger partial charge in [0, 0.05) is 5.92 Å². The highest BCUT2D eigenvalue weighted by Crippen LogP contribution is 2.38. The van der Waals surface area contributed by atoms with Crippen molar-refractivity contribution >= 4 is 16.6 Å². The molecule has 0 radical (unpaired) electrons. The standard InChI is InChI=1S/C14H13NO/c15-8-13(16)12-7-10-5-1-3-9-4-2-6-11(12)14(9)10/h1-6,12H,7-8,15H2. The number of hydrogen-bond donors (Lipinski definition) is 1. The topological polar surface area (TPSA) is 43.1 Å². The summed E-state index contributed by atoms with van der Waals surface area (Å²) in [7, 11) is 0. The fourth-order valence-electron chi connectivity index (χ4n) is 2.67. The van der Waals surface area contributed by atoms with E-state index in [0.29, 0.717) is 0 Å². The lowest BCUT2D eigenvalue weighted by atomic mass is 9.96. The lowest BCUT2D eigenvalue weighted by molar-refractivity contribution is -0.119. The number of ketones is 1. The molecule has 1 aliphatic carbocycles. The van der Waals surface area contributed by atoms with Crippen LogP contribution >= 0.6 is 0 Å². The summed E-state index contributed by atoms with van der Waals surface area (Å²) in [6.45, 7) is 0.134. The van der Waals surface area contributed by atoms with E-state index in [1.807, 2.05) is 6.07 Å². The molecule has 1 unspecified atom stereocenters. The van der Waals surface area contributed by atoms with Crippen molar-refractivity contribution in [1.82, 2.24) is 0 Å². The highest BCUT2D eigenvalue weighted by atomic mass is 16.1. The lowest BCUT2D eigenvalue weighted by Crippen LogP contribution is -2.21. The van der Waals surface area contributed by atoms with Gasteiger partial charge in [0.2, 0.25) is 0 Å². The van der Waals surface area contributed by atoms with Crippen molar-refractivity contribution in [2.75, 3.05) is 6.54 Å². The molecule has 0 heterocycles. The summed E-state index contributed by atoms with van der Waals surface area (Å²) in [5, 5.41) is 2.49. The van der Waals surface area contributed by atoms with Crippen LogP contribution in [0.4, 0.5) is 0 Å². The van der Waals surface area contributed by atoms with Crippen LogP contribution in [0.5, 0.6) is 0 Å². The van der Waals surface area contributed by atoms with Gasteiger partial charge in [0.25, 0.3) is 0 Å². The molecule has 3 rings (SSSR count). The third-order valence-corrected chi connectivity index (χ3v) is 3.41. The van der Waals surface area contributed by atoms with Crippen molar-refractivity contribution in [3.63, 3.8) is 0 Å². The van der Waals surface area contributed by atoms with Gasteiger partial charge in [-0.3, -0.25) is 4.79 Å². The molecule has 0 amide bonds. The maximum Gasteiger partial charge on any atom is 0.154 e. The average molecular weight is 211 g/mol. The zero-order valence-electron chi connectivity index (χ0n) is 8.94. The smallest absolute Gasteiger partial charge is 0.154 e. The van der Waals surface area contributed by atoms with Crippen LogP contribution in [0.3, 0.4) is 0 Å². The molecule has 0 aliphatic heterocycles. The van der Waals surface area contributed by atoms with Crippen molar-refractivity contribution in [2.24, 2.45) is 5.73 Å². The Balaban J connectivity index is 2.25. The van der Waals surface area contributed by atoms with Gasteiger partial charge >= 0.3 is 0 Å². The summed E-state index contributed by atoms with van der Waals surface area (Å²) in [6, 6.07) is 12.4. The Morgan fingerprint density at radius 1 is 1.25 bits per heavy atom. The second-order valence-electron chi connectivity index (χ2n) is 4.29. The van der Waals surface area contributed by atoms with Gasteiger partial charge in [0.1, 0.15) is 0 Å². The van der Waals surface area contributed by atoms with Crippen LogP contribution in [0, 0.1) is 0 Å². The van der Waals surface area contributed by atoms with Crippen LogP contribution in [-0.4, -0.2) is 12.3 Å². The quantitative estimate of drug-likeness (QED) is 0.825. The molecule has 0 aromatic heterocycles. The van der Waals surface area contributed by atoms with Crippen LogP contribution in [-0.2, 0) is 11.2 Å². The van der Waals surface area contributed by atoms with E-state index in [2.05, 4.69) is 30.3 Å². The Hall–Kier alpha value is -1.67. The molecule has 0 saturated heterocycles. The molecule has 2 N–H and O–H groups in total. The first kappa shape index (κ1) is 9.55. The molecular weight excluding hydrogens is 198 g/mol. The molecule has 2 heteroatoms. The predicted octanol–water partition coefficient (Wildman–Crippen LogP) is 2.01. The maximum atomic E-state index is 11.8. The Kier molecular flexibility index (Phi) is 2.04. The van der Waals surface area contributed by atoms with Crippen molar-refractivity contribution < 1.29 is 4.79 Å². The number of Topliss-reactive ketones (excluding diaryl/α,β-unsaturated/α-hetero) is 1. The minimum atomic E-state index is -0.0221. The molecule has 2 aromatic rings. The van der Waals surface area contributed by atoms with Crippen molar-refractivity contribution in [1.29, 1.82) is 0 Å². The molecular formula is C14H13NO. The molecule has 0 saturated carbocycles. The highest BCUT2D eigenvalue weighted by molar-refractivity contribution is 5.99. The Morgan fingerprint density at radius 2 is 2.00 bits per heavy atom. The Morgan fingerprint density at radius 3 is 2.75 bits per heavy atom. The summed E-state index contributed by atoms with van der Waals surface area (Å²) >= 11 is 0. The molecule has 16 heavy (non-hydrogen) atoms. The van der Waals surface area contributed by atoms with Gasteiger partial charge in [-0.1, -0.05) is 36.4 Å². The summed E-state index contributed by atoms with van der Waals surface area (Å²) in [4.78, 5) is 11.8. The first-order valence-corrected chi connectivity index (χ1v) is 5.54. The third-order valence-electron chi connectivity index (χ3n) is 3.41. The van der Waals surface area contributed by atoms with E-state index >= 15 is 0 Å². The van der Waals surface area contributed by atoms with E-state index in [1.165, 1.54) is 16.3 Å². The Bertz CT molecular complexity index is 569. The van der Waals surface area contributed by atoms with Gasteiger partial charge in [0.05, 0.1) is 6.54 Å². The van der Waals surface area contributed by atoms with Crippen LogP contribution in [0.15, 0.2) is 36.4 Å². The van der Waals surface area contributed by atoms with Crippen molar-refractivity contribution in [3.8, 4) is 0 Å². The largest absolute Gasteiger partial charge is 0.324 e. The fraction of sp³-hybridized carbons (Fsp3) is 0.214. The monoisotopic (exact) mass is 211 g/mol. The molecule has 1 aliphatic rings. The number of nitrogens with two attached hydrogens (primary N) is 1. The molecule has 0 spiro atoms. The normalized spacial score (nSPS) is 17.9.